The van der Waals surface area contributed by atoms with Gasteiger partial charge >= 0.3 is 0 Å². The largest absolute Gasteiger partial charge is 0.313 e. The summed E-state index contributed by atoms with van der Waals surface area (Å²) in [6.07, 6.45) is 10.9. The predicted octanol–water partition coefficient (Wildman–Crippen LogP) is 5.19. The van der Waals surface area contributed by atoms with Crippen LogP contribution in [0.25, 0.3) is 0 Å². The van der Waals surface area contributed by atoms with Gasteiger partial charge in [0.05, 0.1) is 0 Å². The van der Waals surface area contributed by atoms with Crippen molar-refractivity contribution in [2.24, 2.45) is 0 Å². The van der Waals surface area contributed by atoms with Gasteiger partial charge in [-0.2, -0.15) is 0 Å². The van der Waals surface area contributed by atoms with Crippen LogP contribution in [0.2, 0.25) is 0 Å². The molecule has 1 atom stereocenters. The lowest BCUT2D eigenvalue weighted by Crippen LogP contribution is -2.16. The molecule has 2 rings (SSSR count). The molecule has 1 nitrogen and oxygen atoms in total. The lowest BCUT2D eigenvalue weighted by atomic mass is 9.80. The minimum atomic E-state index is 0.535. The molecule has 1 aromatic rings. The Kier molecular flexibility index (Phi) is 5.91. The average molecular weight is 259 g/mol. The summed E-state index contributed by atoms with van der Waals surface area (Å²) in [5, 5.41) is 3.47. The third-order valence-corrected chi connectivity index (χ3v) is 4.61. The molecule has 106 valence electrons. The van der Waals surface area contributed by atoms with E-state index in [1.807, 2.05) is 0 Å². The van der Waals surface area contributed by atoms with Crippen LogP contribution in [0.1, 0.15) is 81.4 Å². The zero-order chi connectivity index (χ0) is 13.5. The van der Waals surface area contributed by atoms with Crippen molar-refractivity contribution in [3.05, 3.63) is 35.4 Å². The van der Waals surface area contributed by atoms with Crippen LogP contribution in [0.4, 0.5) is 0 Å². The monoisotopic (exact) mass is 259 g/mol. The molecule has 19 heavy (non-hydrogen) atoms. The molecule has 1 unspecified atom stereocenters. The number of nitrogens with one attached hydrogen (secondary N) is 1. The van der Waals surface area contributed by atoms with Crippen molar-refractivity contribution in [1.82, 2.24) is 5.32 Å². The summed E-state index contributed by atoms with van der Waals surface area (Å²) in [6, 6.07) is 9.93. The molecule has 1 aliphatic carbocycles. The maximum absolute atomic E-state index is 3.47. The molecule has 1 N–H and O–H groups in total. The normalized spacial score (nSPS) is 17.2. The van der Waals surface area contributed by atoms with Crippen molar-refractivity contribution in [1.29, 1.82) is 0 Å². The second-order valence-corrected chi connectivity index (χ2v) is 5.99. The summed E-state index contributed by atoms with van der Waals surface area (Å²) in [7, 11) is 2.09. The SMILES string of the molecule is CCCCCCC(NC)c1ccc(C2CCC2)cc1. The molecule has 0 spiro atoms. The van der Waals surface area contributed by atoms with Crippen LogP contribution in [-0.2, 0) is 0 Å². The van der Waals surface area contributed by atoms with Gasteiger partial charge < -0.3 is 5.32 Å². The first-order valence-electron chi connectivity index (χ1n) is 8.12. The van der Waals surface area contributed by atoms with Gasteiger partial charge in [0, 0.05) is 6.04 Å². The van der Waals surface area contributed by atoms with Crippen molar-refractivity contribution in [2.75, 3.05) is 7.05 Å². The van der Waals surface area contributed by atoms with Crippen molar-refractivity contribution in [2.45, 2.75) is 70.3 Å². The summed E-state index contributed by atoms with van der Waals surface area (Å²) in [6.45, 7) is 2.27. The zero-order valence-corrected chi connectivity index (χ0v) is 12.6. The number of rotatable bonds is 8. The molecule has 0 aliphatic heterocycles. The molecule has 0 amide bonds. The Morgan fingerprint density at radius 3 is 2.37 bits per heavy atom. The molecule has 1 heteroatoms. The predicted molar refractivity (Wildman–Crippen MR) is 83.6 cm³/mol. The first-order valence-corrected chi connectivity index (χ1v) is 8.12. The van der Waals surface area contributed by atoms with Gasteiger partial charge in [-0.3, -0.25) is 0 Å². The highest BCUT2D eigenvalue weighted by molar-refractivity contribution is 5.28. The molecular formula is C18H29N. The molecule has 1 aliphatic rings. The Hall–Kier alpha value is -0.820. The fourth-order valence-corrected chi connectivity index (χ4v) is 2.99. The Morgan fingerprint density at radius 1 is 1.11 bits per heavy atom. The molecule has 1 saturated carbocycles. The van der Waals surface area contributed by atoms with Crippen LogP contribution < -0.4 is 5.32 Å². The lowest BCUT2D eigenvalue weighted by Gasteiger charge is -2.26. The number of benzene rings is 1. The first kappa shape index (κ1) is 14.6. The number of hydrogen-bond donors (Lipinski definition) is 1. The van der Waals surface area contributed by atoms with E-state index in [4.69, 9.17) is 0 Å². The highest BCUT2D eigenvalue weighted by Gasteiger charge is 2.19. The minimum Gasteiger partial charge on any atom is -0.313 e. The van der Waals surface area contributed by atoms with Gasteiger partial charge in [0.25, 0.3) is 0 Å². The molecular weight excluding hydrogens is 230 g/mol. The van der Waals surface area contributed by atoms with E-state index in [-0.39, 0.29) is 0 Å². The Labute approximate surface area is 118 Å². The Balaban J connectivity index is 1.86. The fraction of sp³-hybridized carbons (Fsp3) is 0.667. The van der Waals surface area contributed by atoms with Crippen LogP contribution >= 0.6 is 0 Å². The summed E-state index contributed by atoms with van der Waals surface area (Å²) >= 11 is 0. The summed E-state index contributed by atoms with van der Waals surface area (Å²) < 4.78 is 0. The van der Waals surface area contributed by atoms with E-state index in [0.29, 0.717) is 6.04 Å². The van der Waals surface area contributed by atoms with E-state index < -0.39 is 0 Å². The van der Waals surface area contributed by atoms with E-state index >= 15 is 0 Å². The molecule has 0 radical (unpaired) electrons. The van der Waals surface area contributed by atoms with Gasteiger partial charge in [-0.25, -0.2) is 0 Å². The van der Waals surface area contributed by atoms with Crippen molar-refractivity contribution in [3.8, 4) is 0 Å². The highest BCUT2D eigenvalue weighted by atomic mass is 14.9. The van der Waals surface area contributed by atoms with Gasteiger partial charge in [0.2, 0.25) is 0 Å². The quantitative estimate of drug-likeness (QED) is 0.634. The standard InChI is InChI=1S/C18H29N/c1-3-4-5-6-10-18(19-2)17-13-11-16(12-14-17)15-8-7-9-15/h11-15,18-19H,3-10H2,1-2H3. The topological polar surface area (TPSA) is 12.0 Å². The van der Waals surface area contributed by atoms with E-state index in [1.165, 1.54) is 56.9 Å². The molecule has 0 saturated heterocycles. The van der Waals surface area contributed by atoms with E-state index in [2.05, 4.69) is 43.6 Å². The van der Waals surface area contributed by atoms with Crippen molar-refractivity contribution >= 4 is 0 Å². The second kappa shape index (κ2) is 7.69. The summed E-state index contributed by atoms with van der Waals surface area (Å²) in [5.41, 5.74) is 3.01. The third-order valence-electron chi connectivity index (χ3n) is 4.61. The Bertz CT molecular complexity index is 350. The van der Waals surface area contributed by atoms with Crippen molar-refractivity contribution in [3.63, 3.8) is 0 Å². The van der Waals surface area contributed by atoms with E-state index in [1.54, 1.807) is 5.56 Å². The fourth-order valence-electron chi connectivity index (χ4n) is 2.99. The smallest absolute Gasteiger partial charge is 0.0317 e. The van der Waals surface area contributed by atoms with Gasteiger partial charge in [0.1, 0.15) is 0 Å². The lowest BCUT2D eigenvalue weighted by molar-refractivity contribution is 0.419. The average Bonchev–Trinajstić information content (AvgIpc) is 2.38. The third kappa shape index (κ3) is 4.07. The molecule has 0 bridgehead atoms. The van der Waals surface area contributed by atoms with Gasteiger partial charge in [-0.05, 0) is 43.4 Å². The maximum Gasteiger partial charge on any atom is 0.0317 e. The minimum absolute atomic E-state index is 0.535. The van der Waals surface area contributed by atoms with E-state index in [0.717, 1.165) is 5.92 Å². The van der Waals surface area contributed by atoms with Crippen LogP contribution in [0.15, 0.2) is 24.3 Å². The van der Waals surface area contributed by atoms with Gasteiger partial charge in [-0.1, -0.05) is 63.3 Å². The summed E-state index contributed by atoms with van der Waals surface area (Å²) in [5.74, 6) is 0.853. The van der Waals surface area contributed by atoms with Gasteiger partial charge in [0.15, 0.2) is 0 Å². The number of hydrogen-bond acceptors (Lipinski definition) is 1. The van der Waals surface area contributed by atoms with E-state index in [9.17, 15) is 0 Å². The molecule has 0 heterocycles. The first-order chi connectivity index (χ1) is 9.35. The zero-order valence-electron chi connectivity index (χ0n) is 12.6. The van der Waals surface area contributed by atoms with Crippen LogP contribution in [0, 0.1) is 0 Å². The summed E-state index contributed by atoms with van der Waals surface area (Å²) in [4.78, 5) is 0. The maximum atomic E-state index is 3.47. The van der Waals surface area contributed by atoms with Crippen molar-refractivity contribution < 1.29 is 0 Å². The molecule has 1 fully saturated rings. The molecule has 1 aromatic carbocycles. The van der Waals surface area contributed by atoms with Crippen LogP contribution in [-0.4, -0.2) is 7.05 Å². The highest BCUT2D eigenvalue weighted by Crippen LogP contribution is 2.36. The Morgan fingerprint density at radius 2 is 1.84 bits per heavy atom. The van der Waals surface area contributed by atoms with Crippen LogP contribution in [0.5, 0.6) is 0 Å². The van der Waals surface area contributed by atoms with Crippen LogP contribution in [0.3, 0.4) is 0 Å². The van der Waals surface area contributed by atoms with Gasteiger partial charge in [-0.15, -0.1) is 0 Å². The number of unbranched alkanes of at least 4 members (excludes halogenated alkanes) is 3. The second-order valence-electron chi connectivity index (χ2n) is 5.99. The molecule has 0 aromatic heterocycles.